The molecule has 0 aliphatic heterocycles. The third kappa shape index (κ3) is 7.70. The van der Waals surface area contributed by atoms with E-state index in [1.807, 2.05) is 0 Å². The van der Waals surface area contributed by atoms with E-state index in [-0.39, 0.29) is 0 Å². The zero-order valence-electron chi connectivity index (χ0n) is 6.26. The topological polar surface area (TPSA) is 9.23 Å². The molecule has 0 aromatic rings. The highest BCUT2D eigenvalue weighted by Gasteiger charge is 1.91. The molecule has 0 saturated carbocycles. The van der Waals surface area contributed by atoms with Crippen LogP contribution in [0, 0.1) is 12.3 Å². The van der Waals surface area contributed by atoms with Crippen molar-refractivity contribution in [2.75, 3.05) is 13.2 Å². The Bertz CT molecular complexity index is 67.0. The van der Waals surface area contributed by atoms with E-state index in [0.29, 0.717) is 12.5 Å². The largest absolute Gasteiger partial charge is 0.377 e. The highest BCUT2D eigenvalue weighted by Crippen LogP contribution is 1.96. The zero-order chi connectivity index (χ0) is 7.11. The molecule has 0 heterocycles. The molecule has 0 spiro atoms. The van der Waals surface area contributed by atoms with Crippen LogP contribution in [0.1, 0.15) is 13.8 Å². The molecule has 0 atom stereocenters. The lowest BCUT2D eigenvalue weighted by Crippen LogP contribution is -1.99. The van der Waals surface area contributed by atoms with Crippen molar-refractivity contribution in [3.63, 3.8) is 0 Å². The van der Waals surface area contributed by atoms with Gasteiger partial charge in [-0.3, -0.25) is 0 Å². The first-order valence-corrected chi connectivity index (χ1v) is 3.29. The third-order valence-electron chi connectivity index (χ3n) is 0.921. The van der Waals surface area contributed by atoms with Crippen molar-refractivity contribution in [2.24, 2.45) is 5.92 Å². The molecule has 0 saturated heterocycles. The summed E-state index contributed by atoms with van der Waals surface area (Å²) >= 11 is 0. The van der Waals surface area contributed by atoms with Crippen LogP contribution in [0.15, 0.2) is 12.7 Å². The SMILES string of the molecule is C=CCOC[CH]C(C)C. The number of hydrogen-bond donors (Lipinski definition) is 0. The molecule has 9 heavy (non-hydrogen) atoms. The molecule has 0 amide bonds. The Morgan fingerprint density at radius 2 is 2.11 bits per heavy atom. The second-order valence-corrected chi connectivity index (χ2v) is 2.31. The molecule has 0 unspecified atom stereocenters. The maximum Gasteiger partial charge on any atom is 0.0644 e. The zero-order valence-corrected chi connectivity index (χ0v) is 6.26. The minimum Gasteiger partial charge on any atom is -0.377 e. The third-order valence-corrected chi connectivity index (χ3v) is 0.921. The summed E-state index contributed by atoms with van der Waals surface area (Å²) in [6.45, 7) is 9.21. The van der Waals surface area contributed by atoms with Gasteiger partial charge in [0.2, 0.25) is 0 Å². The molecule has 0 aromatic carbocycles. The van der Waals surface area contributed by atoms with Crippen LogP contribution in [0.4, 0.5) is 0 Å². The van der Waals surface area contributed by atoms with Crippen LogP contribution in [0.5, 0.6) is 0 Å². The Morgan fingerprint density at radius 1 is 1.44 bits per heavy atom. The van der Waals surface area contributed by atoms with Crippen molar-refractivity contribution < 1.29 is 4.74 Å². The summed E-state index contributed by atoms with van der Waals surface area (Å²) in [5.41, 5.74) is 0. The fourth-order valence-corrected chi connectivity index (χ4v) is 0.412. The van der Waals surface area contributed by atoms with Crippen molar-refractivity contribution >= 4 is 0 Å². The van der Waals surface area contributed by atoms with Crippen molar-refractivity contribution in [1.82, 2.24) is 0 Å². The molecule has 0 rings (SSSR count). The van der Waals surface area contributed by atoms with Crippen LogP contribution >= 0.6 is 0 Å². The quantitative estimate of drug-likeness (QED) is 0.405. The molecule has 1 radical (unpaired) electrons. The summed E-state index contributed by atoms with van der Waals surface area (Å²) in [5.74, 6) is 0.620. The van der Waals surface area contributed by atoms with E-state index >= 15 is 0 Å². The molecule has 0 aliphatic rings. The van der Waals surface area contributed by atoms with E-state index in [9.17, 15) is 0 Å². The Kier molecular flexibility index (Phi) is 5.64. The van der Waals surface area contributed by atoms with Crippen molar-refractivity contribution in [3.05, 3.63) is 19.1 Å². The highest BCUT2D eigenvalue weighted by molar-refractivity contribution is 4.69. The summed E-state index contributed by atoms with van der Waals surface area (Å²) in [7, 11) is 0. The van der Waals surface area contributed by atoms with E-state index in [4.69, 9.17) is 4.74 Å². The molecule has 0 aromatic heterocycles. The Morgan fingerprint density at radius 3 is 2.56 bits per heavy atom. The molecular formula is C8H15O. The average Bonchev–Trinajstić information content (AvgIpc) is 1.80. The Hall–Kier alpha value is -0.300. The fourth-order valence-electron chi connectivity index (χ4n) is 0.412. The first-order valence-electron chi connectivity index (χ1n) is 3.29. The normalized spacial score (nSPS) is 10.1. The smallest absolute Gasteiger partial charge is 0.0644 e. The highest BCUT2D eigenvalue weighted by atomic mass is 16.5. The van der Waals surface area contributed by atoms with Gasteiger partial charge in [-0.15, -0.1) is 6.58 Å². The summed E-state index contributed by atoms with van der Waals surface area (Å²) in [5, 5.41) is 0. The second kappa shape index (κ2) is 5.83. The van der Waals surface area contributed by atoms with Crippen LogP contribution in [0.2, 0.25) is 0 Å². The number of hydrogen-bond acceptors (Lipinski definition) is 1. The van der Waals surface area contributed by atoms with Crippen molar-refractivity contribution in [1.29, 1.82) is 0 Å². The van der Waals surface area contributed by atoms with Gasteiger partial charge >= 0.3 is 0 Å². The van der Waals surface area contributed by atoms with Crippen LogP contribution in [-0.4, -0.2) is 13.2 Å². The molecule has 0 aliphatic carbocycles. The first-order chi connectivity index (χ1) is 4.27. The van der Waals surface area contributed by atoms with E-state index in [1.54, 1.807) is 6.08 Å². The van der Waals surface area contributed by atoms with Gasteiger partial charge in [-0.1, -0.05) is 19.9 Å². The number of rotatable bonds is 5. The van der Waals surface area contributed by atoms with Gasteiger partial charge in [0.05, 0.1) is 13.2 Å². The molecule has 1 heteroatoms. The molecule has 0 N–H and O–H groups in total. The second-order valence-electron chi connectivity index (χ2n) is 2.31. The van der Waals surface area contributed by atoms with E-state index in [1.165, 1.54) is 0 Å². The van der Waals surface area contributed by atoms with E-state index in [0.717, 1.165) is 6.61 Å². The Labute approximate surface area is 57.7 Å². The van der Waals surface area contributed by atoms with Crippen LogP contribution in [0.25, 0.3) is 0 Å². The van der Waals surface area contributed by atoms with Gasteiger partial charge < -0.3 is 4.74 Å². The van der Waals surface area contributed by atoms with Gasteiger partial charge in [0, 0.05) is 0 Å². The predicted molar refractivity (Wildman–Crippen MR) is 40.2 cm³/mol. The van der Waals surface area contributed by atoms with Crippen LogP contribution in [0.3, 0.4) is 0 Å². The first kappa shape index (κ1) is 8.70. The van der Waals surface area contributed by atoms with Gasteiger partial charge in [0.1, 0.15) is 0 Å². The molecular weight excluding hydrogens is 112 g/mol. The lowest BCUT2D eigenvalue weighted by molar-refractivity contribution is 0.178. The maximum absolute atomic E-state index is 5.12. The fraction of sp³-hybridized carbons (Fsp3) is 0.625. The van der Waals surface area contributed by atoms with Crippen molar-refractivity contribution in [2.45, 2.75) is 13.8 Å². The minimum absolute atomic E-state index is 0.620. The van der Waals surface area contributed by atoms with E-state index in [2.05, 4.69) is 26.8 Å². The Balaban J connectivity index is 2.82. The van der Waals surface area contributed by atoms with Crippen molar-refractivity contribution in [3.8, 4) is 0 Å². The van der Waals surface area contributed by atoms with Gasteiger partial charge in [0.15, 0.2) is 0 Å². The standard InChI is InChI=1S/C8H15O/c1-4-6-9-7-5-8(2)3/h4-5,8H,1,6-7H2,2-3H3. The molecule has 53 valence electrons. The average molecular weight is 127 g/mol. The molecule has 0 bridgehead atoms. The summed E-state index contributed by atoms with van der Waals surface area (Å²) in [6.07, 6.45) is 3.89. The summed E-state index contributed by atoms with van der Waals surface area (Å²) in [6, 6.07) is 0. The lowest BCUT2D eigenvalue weighted by Gasteiger charge is -2.02. The van der Waals surface area contributed by atoms with Crippen LogP contribution in [-0.2, 0) is 4.74 Å². The van der Waals surface area contributed by atoms with Gasteiger partial charge in [-0.05, 0) is 12.3 Å². The van der Waals surface area contributed by atoms with Crippen LogP contribution < -0.4 is 0 Å². The minimum atomic E-state index is 0.620. The summed E-state index contributed by atoms with van der Waals surface area (Å²) in [4.78, 5) is 0. The van der Waals surface area contributed by atoms with Gasteiger partial charge in [-0.2, -0.15) is 0 Å². The van der Waals surface area contributed by atoms with E-state index < -0.39 is 0 Å². The number of ether oxygens (including phenoxy) is 1. The lowest BCUT2D eigenvalue weighted by atomic mass is 10.1. The van der Waals surface area contributed by atoms with Gasteiger partial charge in [-0.25, -0.2) is 0 Å². The summed E-state index contributed by atoms with van der Waals surface area (Å²) < 4.78 is 5.12. The predicted octanol–water partition coefficient (Wildman–Crippen LogP) is 2.05. The maximum atomic E-state index is 5.12. The van der Waals surface area contributed by atoms with Gasteiger partial charge in [0.25, 0.3) is 0 Å². The molecule has 1 nitrogen and oxygen atoms in total. The monoisotopic (exact) mass is 127 g/mol. The molecule has 0 fully saturated rings.